The van der Waals surface area contributed by atoms with E-state index in [1.54, 1.807) is 6.20 Å². The van der Waals surface area contributed by atoms with Crippen molar-refractivity contribution in [3.8, 4) is 33.5 Å². The van der Waals surface area contributed by atoms with Crippen molar-refractivity contribution in [1.82, 2.24) is 14.9 Å². The molecular formula is C31H27N3O2. The highest BCUT2D eigenvalue weighted by Crippen LogP contribution is 2.38. The summed E-state index contributed by atoms with van der Waals surface area (Å²) in [6.07, 6.45) is 4.92. The summed E-state index contributed by atoms with van der Waals surface area (Å²) in [5.41, 5.74) is 6.93. The first kappa shape index (κ1) is 22.1. The number of nitrogens with one attached hydrogen (secondary N) is 2. The predicted octanol–water partition coefficient (Wildman–Crippen LogP) is 6.48. The molecule has 1 fully saturated rings. The fourth-order valence-electron chi connectivity index (χ4n) is 5.18. The summed E-state index contributed by atoms with van der Waals surface area (Å²) in [5, 5.41) is 0.934. The maximum Gasteiger partial charge on any atom is 0.257 e. The molecule has 2 aromatic heterocycles. The monoisotopic (exact) mass is 473 g/mol. The number of carbonyl (C=O) groups excluding carboxylic acids is 1. The lowest BCUT2D eigenvalue weighted by Gasteiger charge is -2.26. The van der Waals surface area contributed by atoms with Gasteiger partial charge in [-0.3, -0.25) is 9.59 Å². The van der Waals surface area contributed by atoms with Gasteiger partial charge in [-0.2, -0.15) is 0 Å². The third-order valence-corrected chi connectivity index (χ3v) is 7.06. The van der Waals surface area contributed by atoms with Crippen LogP contribution in [0.15, 0.2) is 95.9 Å². The van der Waals surface area contributed by atoms with Crippen LogP contribution in [0.4, 0.5) is 0 Å². The third-order valence-electron chi connectivity index (χ3n) is 7.06. The summed E-state index contributed by atoms with van der Waals surface area (Å²) in [6.45, 7) is 1.62. The molecule has 1 aliphatic heterocycles. The van der Waals surface area contributed by atoms with E-state index < -0.39 is 0 Å². The van der Waals surface area contributed by atoms with Gasteiger partial charge in [0.15, 0.2) is 0 Å². The molecule has 1 aliphatic rings. The van der Waals surface area contributed by atoms with E-state index in [2.05, 4.69) is 46.4 Å². The number of hydrogen-bond acceptors (Lipinski definition) is 2. The largest absolute Gasteiger partial charge is 0.354 e. The molecule has 3 aromatic carbocycles. The Morgan fingerprint density at radius 2 is 1.47 bits per heavy atom. The lowest BCUT2D eigenvalue weighted by atomic mass is 9.95. The lowest BCUT2D eigenvalue weighted by Crippen LogP contribution is -2.35. The third kappa shape index (κ3) is 4.03. The number of likely N-dealkylation sites (tertiary alicyclic amines) is 1. The molecule has 0 atom stereocenters. The van der Waals surface area contributed by atoms with E-state index in [4.69, 9.17) is 0 Å². The van der Waals surface area contributed by atoms with Gasteiger partial charge in [0.25, 0.3) is 11.5 Å². The first-order valence-corrected chi connectivity index (χ1v) is 12.5. The zero-order valence-corrected chi connectivity index (χ0v) is 20.0. The van der Waals surface area contributed by atoms with E-state index in [1.807, 2.05) is 53.4 Å². The molecule has 0 saturated carbocycles. The van der Waals surface area contributed by atoms with Crippen molar-refractivity contribution in [1.29, 1.82) is 0 Å². The smallest absolute Gasteiger partial charge is 0.257 e. The summed E-state index contributed by atoms with van der Waals surface area (Å²) >= 11 is 0. The zero-order valence-electron chi connectivity index (χ0n) is 20.0. The van der Waals surface area contributed by atoms with Gasteiger partial charge in [0.1, 0.15) is 0 Å². The summed E-state index contributed by atoms with van der Waals surface area (Å²) in [7, 11) is 0. The second-order valence-electron chi connectivity index (χ2n) is 9.34. The molecule has 0 aliphatic carbocycles. The lowest BCUT2D eigenvalue weighted by molar-refractivity contribution is 0.0724. The van der Waals surface area contributed by atoms with Crippen molar-refractivity contribution >= 4 is 16.8 Å². The number of aromatic amines is 2. The SMILES string of the molecule is O=C(c1ccc2[nH]c(-c3ccc[nH]c3=O)c(-c3ccc(-c4ccccc4)cc3)c2c1)N1CCCCC1. The van der Waals surface area contributed by atoms with Gasteiger partial charge in [-0.25, -0.2) is 0 Å². The number of amides is 1. The highest BCUT2D eigenvalue weighted by Gasteiger charge is 2.22. The Morgan fingerprint density at radius 1 is 0.750 bits per heavy atom. The van der Waals surface area contributed by atoms with E-state index in [0.717, 1.165) is 64.8 Å². The minimum absolute atomic E-state index is 0.0716. The van der Waals surface area contributed by atoms with Crippen LogP contribution in [0.1, 0.15) is 29.6 Å². The Kier molecular flexibility index (Phi) is 5.74. The summed E-state index contributed by atoms with van der Waals surface area (Å²) < 4.78 is 0. The Labute approximate surface area is 209 Å². The molecule has 1 saturated heterocycles. The van der Waals surface area contributed by atoms with Crippen molar-refractivity contribution in [2.75, 3.05) is 13.1 Å². The highest BCUT2D eigenvalue weighted by atomic mass is 16.2. The van der Waals surface area contributed by atoms with Crippen LogP contribution in [0.2, 0.25) is 0 Å². The average molecular weight is 474 g/mol. The van der Waals surface area contributed by atoms with Crippen LogP contribution in [-0.4, -0.2) is 33.9 Å². The molecule has 2 N–H and O–H groups in total. The standard InChI is InChI=1S/C31H27N3O2/c35-30-25(10-7-17-32-30)29-28(23-13-11-22(12-14-23)21-8-3-1-4-9-21)26-20-24(15-16-27(26)33-29)31(36)34-18-5-2-6-19-34/h1,3-4,7-17,20,33H,2,5-6,18-19H2,(H,32,35). The zero-order chi connectivity index (χ0) is 24.5. The fourth-order valence-corrected chi connectivity index (χ4v) is 5.18. The van der Waals surface area contributed by atoms with E-state index in [1.165, 1.54) is 6.42 Å². The molecule has 36 heavy (non-hydrogen) atoms. The van der Waals surface area contributed by atoms with Crippen LogP contribution in [0.3, 0.4) is 0 Å². The number of hydrogen-bond donors (Lipinski definition) is 2. The Balaban J connectivity index is 1.51. The van der Waals surface area contributed by atoms with Crippen molar-refractivity contribution in [3.05, 3.63) is 107 Å². The van der Waals surface area contributed by atoms with E-state index >= 15 is 0 Å². The molecule has 5 heteroatoms. The number of benzene rings is 3. The quantitative estimate of drug-likeness (QED) is 0.314. The van der Waals surface area contributed by atoms with Gasteiger partial charge in [0.2, 0.25) is 0 Å². The highest BCUT2D eigenvalue weighted by molar-refractivity contribution is 6.07. The van der Waals surface area contributed by atoms with Gasteiger partial charge < -0.3 is 14.9 Å². The summed E-state index contributed by atoms with van der Waals surface area (Å²) in [6, 6.07) is 28.1. The Morgan fingerprint density at radius 3 is 2.22 bits per heavy atom. The van der Waals surface area contributed by atoms with Crippen LogP contribution >= 0.6 is 0 Å². The number of rotatable bonds is 4. The van der Waals surface area contributed by atoms with Gasteiger partial charge >= 0.3 is 0 Å². The number of nitrogens with zero attached hydrogens (tertiary/aromatic N) is 1. The minimum atomic E-state index is -0.157. The van der Waals surface area contributed by atoms with Crippen LogP contribution in [0, 0.1) is 0 Å². The molecule has 6 rings (SSSR count). The Bertz CT molecular complexity index is 1590. The first-order valence-electron chi connectivity index (χ1n) is 12.5. The summed E-state index contributed by atoms with van der Waals surface area (Å²) in [4.78, 5) is 34.3. The number of H-pyrrole nitrogens is 2. The van der Waals surface area contributed by atoms with Gasteiger partial charge in [-0.1, -0.05) is 54.6 Å². The van der Waals surface area contributed by atoms with Crippen molar-refractivity contribution < 1.29 is 4.79 Å². The molecule has 3 heterocycles. The van der Waals surface area contributed by atoms with Crippen molar-refractivity contribution in [2.45, 2.75) is 19.3 Å². The molecule has 5 aromatic rings. The fraction of sp³-hybridized carbons (Fsp3) is 0.161. The van der Waals surface area contributed by atoms with Crippen LogP contribution < -0.4 is 5.56 Å². The molecule has 178 valence electrons. The molecule has 1 amide bonds. The van der Waals surface area contributed by atoms with E-state index in [0.29, 0.717) is 11.1 Å². The maximum absolute atomic E-state index is 13.3. The second kappa shape index (κ2) is 9.34. The van der Waals surface area contributed by atoms with Gasteiger partial charge in [-0.05, 0) is 66.3 Å². The van der Waals surface area contributed by atoms with Crippen LogP contribution in [-0.2, 0) is 0 Å². The molecule has 0 spiro atoms. The van der Waals surface area contributed by atoms with Gasteiger partial charge in [-0.15, -0.1) is 0 Å². The molecule has 0 radical (unpaired) electrons. The van der Waals surface area contributed by atoms with Crippen LogP contribution in [0.5, 0.6) is 0 Å². The molecular weight excluding hydrogens is 446 g/mol. The predicted molar refractivity (Wildman–Crippen MR) is 145 cm³/mol. The normalized spacial score (nSPS) is 13.7. The van der Waals surface area contributed by atoms with Gasteiger partial charge in [0.05, 0.1) is 11.3 Å². The number of carbonyl (C=O) groups is 1. The maximum atomic E-state index is 13.3. The molecule has 0 bridgehead atoms. The van der Waals surface area contributed by atoms with E-state index in [-0.39, 0.29) is 11.5 Å². The van der Waals surface area contributed by atoms with Crippen molar-refractivity contribution in [2.24, 2.45) is 0 Å². The first-order chi connectivity index (χ1) is 17.7. The number of fused-ring (bicyclic) bond motifs is 1. The van der Waals surface area contributed by atoms with Crippen molar-refractivity contribution in [3.63, 3.8) is 0 Å². The second-order valence-corrected chi connectivity index (χ2v) is 9.34. The topological polar surface area (TPSA) is 69.0 Å². The molecule has 0 unspecified atom stereocenters. The average Bonchev–Trinajstić information content (AvgIpc) is 3.32. The van der Waals surface area contributed by atoms with E-state index in [9.17, 15) is 9.59 Å². The minimum Gasteiger partial charge on any atom is -0.354 e. The molecule has 5 nitrogen and oxygen atoms in total. The van der Waals surface area contributed by atoms with Crippen LogP contribution in [0.25, 0.3) is 44.4 Å². The Hall–Kier alpha value is -4.38. The number of pyridine rings is 1. The summed E-state index contributed by atoms with van der Waals surface area (Å²) in [5.74, 6) is 0.0716. The number of aromatic nitrogens is 2. The van der Waals surface area contributed by atoms with Gasteiger partial charge in [0, 0.05) is 41.3 Å². The number of piperidine rings is 1.